The maximum atomic E-state index is 6.57. The summed E-state index contributed by atoms with van der Waals surface area (Å²) >= 11 is 1.92. The van der Waals surface area contributed by atoms with Gasteiger partial charge in [-0.25, -0.2) is 0 Å². The number of aromatic nitrogens is 2. The lowest BCUT2D eigenvalue weighted by atomic mass is 9.34. The van der Waals surface area contributed by atoms with E-state index >= 15 is 0 Å². The molecule has 0 bridgehead atoms. The van der Waals surface area contributed by atoms with Crippen molar-refractivity contribution in [3.63, 3.8) is 0 Å². The molecule has 0 saturated heterocycles. The average Bonchev–Trinajstić information content (AvgIpc) is 3.71. The Bertz CT molecular complexity index is 2450. The molecule has 0 aliphatic carbocycles. The lowest BCUT2D eigenvalue weighted by molar-refractivity contribution is 0.673. The molecule has 5 heteroatoms. The zero-order valence-corrected chi connectivity index (χ0v) is 22.3. The van der Waals surface area contributed by atoms with Crippen molar-refractivity contribution in [2.24, 2.45) is 0 Å². The molecule has 0 saturated carbocycles. The summed E-state index contributed by atoms with van der Waals surface area (Å²) < 4.78 is 14.4. The zero-order valence-electron chi connectivity index (χ0n) is 21.5. The lowest BCUT2D eigenvalue weighted by Gasteiger charge is -2.33. The first-order valence-electron chi connectivity index (χ1n) is 13.8. The van der Waals surface area contributed by atoms with E-state index in [-0.39, 0.29) is 6.71 Å². The summed E-state index contributed by atoms with van der Waals surface area (Å²) in [6.45, 7) is 2.40. The van der Waals surface area contributed by atoms with Gasteiger partial charge in [0.25, 0.3) is 6.71 Å². The van der Waals surface area contributed by atoms with E-state index in [4.69, 9.17) is 4.42 Å². The van der Waals surface area contributed by atoms with E-state index in [0.717, 1.165) is 11.2 Å². The number of nitrogens with zero attached hydrogens (tertiary/aromatic N) is 2. The van der Waals surface area contributed by atoms with Gasteiger partial charge in [0, 0.05) is 37.6 Å². The minimum Gasteiger partial charge on any atom is -0.454 e. The van der Waals surface area contributed by atoms with Crippen molar-refractivity contribution in [2.75, 3.05) is 0 Å². The fraction of sp³-hybridized carbons (Fsp3) is 0.0286. The van der Waals surface area contributed by atoms with Crippen molar-refractivity contribution in [2.45, 2.75) is 6.92 Å². The van der Waals surface area contributed by atoms with Crippen molar-refractivity contribution in [1.82, 2.24) is 9.13 Å². The smallest absolute Gasteiger partial charge is 0.252 e. The minimum absolute atomic E-state index is 0.165. The lowest BCUT2D eigenvalue weighted by Crippen LogP contribution is -2.59. The van der Waals surface area contributed by atoms with Crippen LogP contribution in [0.25, 0.3) is 75.6 Å². The molecule has 0 fully saturated rings. The van der Waals surface area contributed by atoms with Gasteiger partial charge in [0.05, 0.1) is 21.3 Å². The molecular formula is C35H19BN2OS. The van der Waals surface area contributed by atoms with Gasteiger partial charge in [-0.15, -0.1) is 11.3 Å². The Hall–Kier alpha value is -4.74. The molecular weight excluding hydrogens is 507 g/mol. The second-order valence-electron chi connectivity index (χ2n) is 11.4. The quantitative estimate of drug-likeness (QED) is 0.190. The number of thiophene rings is 1. The fourth-order valence-corrected chi connectivity index (χ4v) is 9.15. The molecule has 2 aliphatic heterocycles. The first-order chi connectivity index (χ1) is 19.8. The van der Waals surface area contributed by atoms with Crippen LogP contribution in [0.1, 0.15) is 5.56 Å². The molecule has 184 valence electrons. The van der Waals surface area contributed by atoms with Crippen molar-refractivity contribution >= 4 is 98.6 Å². The molecule has 0 spiro atoms. The molecule has 5 aromatic carbocycles. The Balaban J connectivity index is 1.42. The number of fused-ring (bicyclic) bond motifs is 14. The third-order valence-electron chi connectivity index (χ3n) is 9.33. The van der Waals surface area contributed by atoms with Crippen LogP contribution < -0.4 is 16.4 Å². The van der Waals surface area contributed by atoms with Gasteiger partial charge in [-0.1, -0.05) is 60.7 Å². The Kier molecular flexibility index (Phi) is 3.29. The second kappa shape index (κ2) is 6.52. The Morgan fingerprint density at radius 3 is 2.10 bits per heavy atom. The fourth-order valence-electron chi connectivity index (χ4n) is 7.94. The van der Waals surface area contributed by atoms with E-state index in [1.165, 1.54) is 86.3 Å². The highest BCUT2D eigenvalue weighted by Gasteiger charge is 2.41. The van der Waals surface area contributed by atoms with Crippen LogP contribution in [-0.2, 0) is 0 Å². The molecule has 0 N–H and O–H groups in total. The molecule has 2 aliphatic rings. The van der Waals surface area contributed by atoms with E-state index in [2.05, 4.69) is 113 Å². The van der Waals surface area contributed by atoms with E-state index < -0.39 is 0 Å². The van der Waals surface area contributed by atoms with Crippen molar-refractivity contribution < 1.29 is 4.42 Å². The average molecular weight is 526 g/mol. The van der Waals surface area contributed by atoms with Crippen LogP contribution in [0.5, 0.6) is 0 Å². The first kappa shape index (κ1) is 20.2. The van der Waals surface area contributed by atoms with Gasteiger partial charge in [-0.05, 0) is 65.3 Å². The van der Waals surface area contributed by atoms with Gasteiger partial charge < -0.3 is 13.6 Å². The third kappa shape index (κ3) is 2.07. The van der Waals surface area contributed by atoms with Gasteiger partial charge in [-0.3, -0.25) is 0 Å². The number of hydrogen-bond donors (Lipinski definition) is 0. The highest BCUT2D eigenvalue weighted by Crippen LogP contribution is 2.45. The number of aryl methyl sites for hydroxylation is 1. The molecule has 0 unspecified atom stereocenters. The Morgan fingerprint density at radius 2 is 1.27 bits per heavy atom. The van der Waals surface area contributed by atoms with Crippen LogP contribution in [0.4, 0.5) is 0 Å². The van der Waals surface area contributed by atoms with Gasteiger partial charge in [-0.2, -0.15) is 0 Å². The van der Waals surface area contributed by atoms with E-state index in [9.17, 15) is 0 Å². The van der Waals surface area contributed by atoms with Crippen molar-refractivity contribution in [3.05, 3.63) is 103 Å². The molecule has 0 radical (unpaired) electrons. The van der Waals surface area contributed by atoms with Crippen LogP contribution in [0.15, 0.2) is 101 Å². The molecule has 9 aromatic rings. The van der Waals surface area contributed by atoms with E-state index in [1.807, 2.05) is 11.3 Å². The maximum Gasteiger partial charge on any atom is 0.252 e. The van der Waals surface area contributed by atoms with E-state index in [0.29, 0.717) is 0 Å². The number of rotatable bonds is 0. The summed E-state index contributed by atoms with van der Waals surface area (Å²) in [5, 5.41) is 5.05. The van der Waals surface area contributed by atoms with Gasteiger partial charge in [0.2, 0.25) is 0 Å². The summed E-state index contributed by atoms with van der Waals surface area (Å²) in [7, 11) is 0. The minimum atomic E-state index is 0.165. The van der Waals surface area contributed by atoms with Crippen molar-refractivity contribution in [1.29, 1.82) is 0 Å². The number of furan rings is 1. The largest absolute Gasteiger partial charge is 0.454 e. The zero-order chi connectivity index (χ0) is 25.9. The number of benzene rings is 5. The summed E-state index contributed by atoms with van der Waals surface area (Å²) in [5.41, 5.74) is 15.1. The van der Waals surface area contributed by atoms with Crippen LogP contribution in [0, 0.1) is 6.92 Å². The molecule has 4 aromatic heterocycles. The van der Waals surface area contributed by atoms with Gasteiger partial charge >= 0.3 is 0 Å². The predicted octanol–water partition coefficient (Wildman–Crippen LogP) is 7.29. The SMILES string of the molecule is Cc1cc2c3c(c1)-n1c4c(cccc4c4sc5ccccc5c41)B3c1cccc3c4oc5ccccc5c4n-2c13. The maximum absolute atomic E-state index is 6.57. The van der Waals surface area contributed by atoms with Crippen LogP contribution in [0.3, 0.4) is 0 Å². The highest BCUT2D eigenvalue weighted by atomic mass is 32.1. The second-order valence-corrected chi connectivity index (χ2v) is 12.4. The standard InChI is InChI=1S/C35H19BN2OS/c1-18-16-25-29-26(17-18)38-31-22(35-33(38)20-9-3-5-15-28(20)40-35)11-7-13-24(31)36(29)23-12-6-10-21-30(23)37(25)32-19-8-2-4-14-27(19)39-34(21)32/h2-17H,1H3. The summed E-state index contributed by atoms with van der Waals surface area (Å²) in [4.78, 5) is 0. The molecule has 40 heavy (non-hydrogen) atoms. The third-order valence-corrected chi connectivity index (χ3v) is 10.5. The summed E-state index contributed by atoms with van der Waals surface area (Å²) in [5.74, 6) is 0. The number of para-hydroxylation sites is 3. The Morgan fingerprint density at radius 1 is 0.625 bits per heavy atom. The van der Waals surface area contributed by atoms with Crippen LogP contribution >= 0.6 is 11.3 Å². The molecule has 0 amide bonds. The first-order valence-corrected chi connectivity index (χ1v) is 14.6. The predicted molar refractivity (Wildman–Crippen MR) is 170 cm³/mol. The van der Waals surface area contributed by atoms with Crippen molar-refractivity contribution in [3.8, 4) is 11.4 Å². The van der Waals surface area contributed by atoms with E-state index in [1.54, 1.807) is 0 Å². The summed E-state index contributed by atoms with van der Waals surface area (Å²) in [6, 6.07) is 35.9. The normalized spacial score (nSPS) is 13.6. The molecule has 6 heterocycles. The van der Waals surface area contributed by atoms with Gasteiger partial charge in [0.1, 0.15) is 11.1 Å². The molecule has 3 nitrogen and oxygen atoms in total. The topological polar surface area (TPSA) is 23.0 Å². The Labute approximate surface area is 232 Å². The van der Waals surface area contributed by atoms with Gasteiger partial charge in [0.15, 0.2) is 5.58 Å². The van der Waals surface area contributed by atoms with Crippen LogP contribution in [-0.4, -0.2) is 15.8 Å². The van der Waals surface area contributed by atoms with Crippen LogP contribution in [0.2, 0.25) is 0 Å². The number of hydrogen-bond acceptors (Lipinski definition) is 2. The molecule has 0 atom stereocenters. The summed E-state index contributed by atoms with van der Waals surface area (Å²) in [6.07, 6.45) is 0. The molecule has 11 rings (SSSR count). The monoisotopic (exact) mass is 526 g/mol. The highest BCUT2D eigenvalue weighted by molar-refractivity contribution is 7.26.